The molecule has 0 aliphatic carbocycles. The summed E-state index contributed by atoms with van der Waals surface area (Å²) in [4.78, 5) is 3.99. The Morgan fingerprint density at radius 3 is 2.80 bits per heavy atom. The summed E-state index contributed by atoms with van der Waals surface area (Å²) in [5.74, 6) is -0.0575. The molecule has 2 nitrogen and oxygen atoms in total. The maximum atomic E-state index is 12.0. The highest BCUT2D eigenvalue weighted by atomic mass is 35.5. The van der Waals surface area contributed by atoms with Crippen molar-refractivity contribution in [2.45, 2.75) is 6.61 Å². The van der Waals surface area contributed by atoms with Crippen molar-refractivity contribution >= 4 is 22.5 Å². The Morgan fingerprint density at radius 1 is 1.27 bits per heavy atom. The highest BCUT2D eigenvalue weighted by Gasteiger charge is 2.11. The van der Waals surface area contributed by atoms with Crippen LogP contribution in [-0.4, -0.2) is 11.6 Å². The second-order valence-electron chi connectivity index (χ2n) is 2.83. The fourth-order valence-corrected chi connectivity index (χ4v) is 1.54. The molecule has 0 bridgehead atoms. The molecular weight excluding hydrogens is 224 g/mol. The van der Waals surface area contributed by atoms with E-state index in [1.165, 1.54) is 6.07 Å². The van der Waals surface area contributed by atoms with Gasteiger partial charge in [0.05, 0.1) is 5.52 Å². The number of hydrogen-bond acceptors (Lipinski definition) is 2. The van der Waals surface area contributed by atoms with Crippen molar-refractivity contribution in [3.8, 4) is 5.75 Å². The lowest BCUT2D eigenvalue weighted by Gasteiger charge is -2.07. The number of alkyl halides is 2. The highest BCUT2D eigenvalue weighted by molar-refractivity contribution is 6.36. The quantitative estimate of drug-likeness (QED) is 0.787. The van der Waals surface area contributed by atoms with Gasteiger partial charge in [-0.05, 0) is 18.2 Å². The molecule has 0 unspecified atom stereocenters. The summed E-state index contributed by atoms with van der Waals surface area (Å²) in [7, 11) is 0. The molecule has 0 aliphatic heterocycles. The molecular formula is C10H6ClF2NO. The Bertz CT molecular complexity index is 490. The minimum Gasteiger partial charge on any atom is -0.433 e. The largest absolute Gasteiger partial charge is 0.433 e. The number of hydrogen-bond donors (Lipinski definition) is 0. The van der Waals surface area contributed by atoms with E-state index in [1.807, 2.05) is 0 Å². The normalized spacial score (nSPS) is 10.9. The van der Waals surface area contributed by atoms with E-state index in [9.17, 15) is 8.78 Å². The highest BCUT2D eigenvalue weighted by Crippen LogP contribution is 2.32. The summed E-state index contributed by atoms with van der Waals surface area (Å²) in [6.07, 6.45) is 1.54. The summed E-state index contributed by atoms with van der Waals surface area (Å²) in [5, 5.41) is 0.887. The van der Waals surface area contributed by atoms with Crippen molar-refractivity contribution in [2.24, 2.45) is 0 Å². The molecule has 1 aromatic heterocycles. The number of fused-ring (bicyclic) bond motifs is 1. The number of nitrogens with zero attached hydrogens (tertiary/aromatic N) is 1. The van der Waals surface area contributed by atoms with Crippen LogP contribution in [0.15, 0.2) is 30.5 Å². The Balaban J connectivity index is 2.55. The molecule has 0 aliphatic rings. The fourth-order valence-electron chi connectivity index (χ4n) is 1.28. The van der Waals surface area contributed by atoms with Crippen LogP contribution in [-0.2, 0) is 0 Å². The zero-order valence-corrected chi connectivity index (χ0v) is 8.21. The molecule has 2 aromatic rings. The van der Waals surface area contributed by atoms with Crippen LogP contribution in [0.25, 0.3) is 10.9 Å². The summed E-state index contributed by atoms with van der Waals surface area (Å²) in [6, 6.07) is 6.57. The Kier molecular flexibility index (Phi) is 2.68. The molecule has 0 fully saturated rings. The lowest BCUT2D eigenvalue weighted by atomic mass is 10.2. The van der Waals surface area contributed by atoms with Crippen molar-refractivity contribution in [2.75, 3.05) is 0 Å². The van der Waals surface area contributed by atoms with Gasteiger partial charge in [0.1, 0.15) is 10.8 Å². The van der Waals surface area contributed by atoms with Crippen LogP contribution in [0, 0.1) is 0 Å². The van der Waals surface area contributed by atoms with Crippen LogP contribution in [0.5, 0.6) is 5.75 Å². The SMILES string of the molecule is FC(F)Oc1ccc2cccnc2c1Cl. The van der Waals surface area contributed by atoms with Gasteiger partial charge < -0.3 is 4.74 Å². The van der Waals surface area contributed by atoms with Crippen LogP contribution < -0.4 is 4.74 Å². The first-order chi connectivity index (χ1) is 7.18. The van der Waals surface area contributed by atoms with Gasteiger partial charge in [0, 0.05) is 11.6 Å². The van der Waals surface area contributed by atoms with E-state index in [-0.39, 0.29) is 10.8 Å². The topological polar surface area (TPSA) is 22.1 Å². The van der Waals surface area contributed by atoms with Crippen LogP contribution in [0.4, 0.5) is 8.78 Å². The molecule has 1 heterocycles. The second-order valence-corrected chi connectivity index (χ2v) is 3.21. The molecule has 0 radical (unpaired) electrons. The molecule has 15 heavy (non-hydrogen) atoms. The standard InChI is InChI=1S/C10H6ClF2NO/c11-8-7(15-10(12)13)4-3-6-2-1-5-14-9(6)8/h1-5,10H. The second kappa shape index (κ2) is 3.98. The van der Waals surface area contributed by atoms with Crippen LogP contribution in [0.2, 0.25) is 5.02 Å². The summed E-state index contributed by atoms with van der Waals surface area (Å²) >= 11 is 5.86. The van der Waals surface area contributed by atoms with Crippen molar-refractivity contribution in [1.29, 1.82) is 0 Å². The van der Waals surface area contributed by atoms with Gasteiger partial charge in [-0.1, -0.05) is 17.7 Å². The van der Waals surface area contributed by atoms with E-state index in [4.69, 9.17) is 11.6 Å². The van der Waals surface area contributed by atoms with E-state index < -0.39 is 6.61 Å². The van der Waals surface area contributed by atoms with E-state index in [0.717, 1.165) is 5.39 Å². The van der Waals surface area contributed by atoms with Gasteiger partial charge in [-0.15, -0.1) is 0 Å². The minimum atomic E-state index is -2.89. The third-order valence-corrected chi connectivity index (χ3v) is 2.26. The van der Waals surface area contributed by atoms with Gasteiger partial charge in [0.25, 0.3) is 0 Å². The first kappa shape index (κ1) is 10.1. The Morgan fingerprint density at radius 2 is 2.07 bits per heavy atom. The number of benzene rings is 1. The molecule has 0 atom stereocenters. The molecule has 0 saturated heterocycles. The average Bonchev–Trinajstić information content (AvgIpc) is 2.22. The summed E-state index contributed by atoms with van der Waals surface area (Å²) in [6.45, 7) is -2.89. The van der Waals surface area contributed by atoms with Gasteiger partial charge in [-0.2, -0.15) is 8.78 Å². The molecule has 0 spiro atoms. The molecule has 0 N–H and O–H groups in total. The molecule has 0 amide bonds. The van der Waals surface area contributed by atoms with Gasteiger partial charge in [0.15, 0.2) is 0 Å². The van der Waals surface area contributed by atoms with E-state index in [0.29, 0.717) is 5.52 Å². The average molecular weight is 230 g/mol. The van der Waals surface area contributed by atoms with E-state index >= 15 is 0 Å². The molecule has 78 valence electrons. The molecule has 0 saturated carbocycles. The summed E-state index contributed by atoms with van der Waals surface area (Å²) in [5.41, 5.74) is 0.456. The monoisotopic (exact) mass is 229 g/mol. The smallest absolute Gasteiger partial charge is 0.387 e. The lowest BCUT2D eigenvalue weighted by molar-refractivity contribution is -0.0497. The first-order valence-corrected chi connectivity index (χ1v) is 4.54. The maximum absolute atomic E-state index is 12.0. The number of halogens is 3. The summed E-state index contributed by atoms with van der Waals surface area (Å²) < 4.78 is 28.2. The van der Waals surface area contributed by atoms with Crippen LogP contribution >= 0.6 is 11.6 Å². The van der Waals surface area contributed by atoms with E-state index in [2.05, 4.69) is 9.72 Å². The van der Waals surface area contributed by atoms with Crippen molar-refractivity contribution in [3.05, 3.63) is 35.5 Å². The number of ether oxygens (including phenoxy) is 1. The number of pyridine rings is 1. The third kappa shape index (κ3) is 1.99. The molecule has 1 aromatic carbocycles. The number of aromatic nitrogens is 1. The van der Waals surface area contributed by atoms with Gasteiger partial charge in [0.2, 0.25) is 0 Å². The van der Waals surface area contributed by atoms with E-state index in [1.54, 1.807) is 24.4 Å². The third-order valence-electron chi connectivity index (χ3n) is 1.89. The van der Waals surface area contributed by atoms with Gasteiger partial charge >= 0.3 is 6.61 Å². The van der Waals surface area contributed by atoms with Crippen molar-refractivity contribution in [3.63, 3.8) is 0 Å². The van der Waals surface area contributed by atoms with Gasteiger partial charge in [-0.25, -0.2) is 0 Å². The van der Waals surface area contributed by atoms with Gasteiger partial charge in [-0.3, -0.25) is 4.98 Å². The Hall–Kier alpha value is -1.42. The van der Waals surface area contributed by atoms with Crippen LogP contribution in [0.3, 0.4) is 0 Å². The molecule has 2 rings (SSSR count). The zero-order valence-electron chi connectivity index (χ0n) is 7.45. The fraction of sp³-hybridized carbons (Fsp3) is 0.100. The maximum Gasteiger partial charge on any atom is 0.387 e. The van der Waals surface area contributed by atoms with Crippen molar-refractivity contribution in [1.82, 2.24) is 4.98 Å². The first-order valence-electron chi connectivity index (χ1n) is 4.16. The molecule has 5 heteroatoms. The zero-order chi connectivity index (χ0) is 10.8. The Labute approximate surface area is 89.4 Å². The van der Waals surface area contributed by atoms with Crippen LogP contribution in [0.1, 0.15) is 0 Å². The lowest BCUT2D eigenvalue weighted by Crippen LogP contribution is -2.02. The predicted octanol–water partition coefficient (Wildman–Crippen LogP) is 3.49. The van der Waals surface area contributed by atoms with Crippen molar-refractivity contribution < 1.29 is 13.5 Å². The predicted molar refractivity (Wildman–Crippen MR) is 53.4 cm³/mol. The number of rotatable bonds is 2. The minimum absolute atomic E-state index is 0.0575.